The van der Waals surface area contributed by atoms with Gasteiger partial charge in [-0.05, 0) is 30.0 Å². The van der Waals surface area contributed by atoms with Gasteiger partial charge in [-0.15, -0.1) is 0 Å². The van der Waals surface area contributed by atoms with Crippen LogP contribution in [-0.2, 0) is 19.7 Å². The SMILES string of the molecule is C[C@H](CN1CCOCC1)OC(=O)COc1ccc(C(C)(C)C)cc1. The molecular formula is C19H29NO4. The number of hydrogen-bond acceptors (Lipinski definition) is 5. The smallest absolute Gasteiger partial charge is 0.344 e. The van der Waals surface area contributed by atoms with E-state index in [1.165, 1.54) is 5.56 Å². The van der Waals surface area contributed by atoms with E-state index in [-0.39, 0.29) is 24.1 Å². The highest BCUT2D eigenvalue weighted by atomic mass is 16.6. The van der Waals surface area contributed by atoms with Gasteiger partial charge in [-0.2, -0.15) is 0 Å². The number of benzene rings is 1. The van der Waals surface area contributed by atoms with Crippen molar-refractivity contribution in [1.29, 1.82) is 0 Å². The maximum atomic E-state index is 11.9. The first-order chi connectivity index (χ1) is 11.3. The lowest BCUT2D eigenvalue weighted by Crippen LogP contribution is -2.41. The first-order valence-corrected chi connectivity index (χ1v) is 8.57. The summed E-state index contributed by atoms with van der Waals surface area (Å²) >= 11 is 0. The summed E-state index contributed by atoms with van der Waals surface area (Å²) < 4.78 is 16.2. The molecule has 1 aromatic carbocycles. The number of morpholine rings is 1. The first kappa shape index (κ1) is 18.7. The van der Waals surface area contributed by atoms with Crippen LogP contribution in [0.5, 0.6) is 5.75 Å². The molecular weight excluding hydrogens is 306 g/mol. The topological polar surface area (TPSA) is 48.0 Å². The van der Waals surface area contributed by atoms with Crippen molar-refractivity contribution in [2.24, 2.45) is 0 Å². The Balaban J connectivity index is 1.72. The zero-order valence-corrected chi connectivity index (χ0v) is 15.2. The van der Waals surface area contributed by atoms with E-state index >= 15 is 0 Å². The van der Waals surface area contributed by atoms with E-state index in [9.17, 15) is 4.79 Å². The van der Waals surface area contributed by atoms with Gasteiger partial charge in [-0.1, -0.05) is 32.9 Å². The van der Waals surface area contributed by atoms with Gasteiger partial charge in [0.25, 0.3) is 0 Å². The fourth-order valence-electron chi connectivity index (χ4n) is 2.64. The maximum Gasteiger partial charge on any atom is 0.344 e. The molecule has 5 nitrogen and oxygen atoms in total. The molecule has 1 heterocycles. The minimum atomic E-state index is -0.337. The molecule has 0 unspecified atom stereocenters. The summed E-state index contributed by atoms with van der Waals surface area (Å²) in [6.45, 7) is 12.3. The summed E-state index contributed by atoms with van der Waals surface area (Å²) in [4.78, 5) is 14.1. The van der Waals surface area contributed by atoms with Crippen molar-refractivity contribution in [3.63, 3.8) is 0 Å². The summed E-state index contributed by atoms with van der Waals surface area (Å²) in [6.07, 6.45) is -0.150. The van der Waals surface area contributed by atoms with Crippen molar-refractivity contribution in [2.75, 3.05) is 39.5 Å². The van der Waals surface area contributed by atoms with E-state index in [2.05, 4.69) is 25.7 Å². The Hall–Kier alpha value is -1.59. The Kier molecular flexibility index (Phi) is 6.63. The molecule has 134 valence electrons. The van der Waals surface area contributed by atoms with E-state index in [1.54, 1.807) is 0 Å². The molecule has 2 rings (SSSR count). The molecule has 0 radical (unpaired) electrons. The van der Waals surface area contributed by atoms with Crippen molar-refractivity contribution >= 4 is 5.97 Å². The van der Waals surface area contributed by atoms with Crippen molar-refractivity contribution in [3.05, 3.63) is 29.8 Å². The van der Waals surface area contributed by atoms with E-state index < -0.39 is 0 Å². The molecule has 0 saturated carbocycles. The van der Waals surface area contributed by atoms with Gasteiger partial charge in [-0.3, -0.25) is 4.90 Å². The molecule has 1 aliphatic rings. The Morgan fingerprint density at radius 3 is 2.42 bits per heavy atom. The Morgan fingerprint density at radius 1 is 1.21 bits per heavy atom. The number of carbonyl (C=O) groups excluding carboxylic acids is 1. The van der Waals surface area contributed by atoms with Gasteiger partial charge in [0, 0.05) is 19.6 Å². The van der Waals surface area contributed by atoms with Gasteiger partial charge in [0.1, 0.15) is 11.9 Å². The van der Waals surface area contributed by atoms with Gasteiger partial charge in [0.05, 0.1) is 13.2 Å². The fraction of sp³-hybridized carbons (Fsp3) is 0.632. The van der Waals surface area contributed by atoms with Crippen LogP contribution in [0.25, 0.3) is 0 Å². The predicted molar refractivity (Wildman–Crippen MR) is 93.5 cm³/mol. The standard InChI is InChI=1S/C19H29NO4/c1-15(13-20-9-11-22-12-10-20)24-18(21)14-23-17-7-5-16(6-8-17)19(2,3)4/h5-8,15H,9-14H2,1-4H3/t15-/m1/s1. The number of nitrogens with zero attached hydrogens (tertiary/aromatic N) is 1. The third kappa shape index (κ3) is 6.13. The summed E-state index contributed by atoms with van der Waals surface area (Å²) in [7, 11) is 0. The second kappa shape index (κ2) is 8.49. The van der Waals surface area contributed by atoms with Crippen molar-refractivity contribution < 1.29 is 19.0 Å². The van der Waals surface area contributed by atoms with Gasteiger partial charge < -0.3 is 14.2 Å². The lowest BCUT2D eigenvalue weighted by molar-refractivity contribution is -0.151. The number of ether oxygens (including phenoxy) is 3. The zero-order chi connectivity index (χ0) is 17.6. The molecule has 1 saturated heterocycles. The molecule has 1 atom stereocenters. The predicted octanol–water partition coefficient (Wildman–Crippen LogP) is 2.63. The van der Waals surface area contributed by atoms with Crippen LogP contribution in [0, 0.1) is 0 Å². The van der Waals surface area contributed by atoms with Crippen LogP contribution in [0.15, 0.2) is 24.3 Å². The lowest BCUT2D eigenvalue weighted by atomic mass is 9.87. The molecule has 0 amide bonds. The highest BCUT2D eigenvalue weighted by molar-refractivity contribution is 5.71. The Labute approximate surface area is 144 Å². The highest BCUT2D eigenvalue weighted by Gasteiger charge is 2.17. The van der Waals surface area contributed by atoms with E-state index in [4.69, 9.17) is 14.2 Å². The zero-order valence-electron chi connectivity index (χ0n) is 15.2. The molecule has 24 heavy (non-hydrogen) atoms. The van der Waals surface area contributed by atoms with Crippen LogP contribution in [0.3, 0.4) is 0 Å². The molecule has 0 spiro atoms. The molecule has 0 bridgehead atoms. The van der Waals surface area contributed by atoms with E-state index in [1.807, 2.05) is 31.2 Å². The molecule has 1 aliphatic heterocycles. The van der Waals surface area contributed by atoms with E-state index in [0.717, 1.165) is 32.8 Å². The number of carbonyl (C=O) groups is 1. The minimum Gasteiger partial charge on any atom is -0.482 e. The maximum absolute atomic E-state index is 11.9. The number of rotatable bonds is 6. The molecule has 0 N–H and O–H groups in total. The van der Waals surface area contributed by atoms with Crippen molar-refractivity contribution in [3.8, 4) is 5.75 Å². The van der Waals surface area contributed by atoms with Crippen LogP contribution in [-0.4, -0.2) is 56.4 Å². The summed E-state index contributed by atoms with van der Waals surface area (Å²) in [5, 5.41) is 0. The van der Waals surface area contributed by atoms with Crippen LogP contribution in [0.1, 0.15) is 33.3 Å². The van der Waals surface area contributed by atoms with E-state index in [0.29, 0.717) is 5.75 Å². The van der Waals surface area contributed by atoms with Crippen LogP contribution >= 0.6 is 0 Å². The number of esters is 1. The van der Waals surface area contributed by atoms with Crippen molar-refractivity contribution in [2.45, 2.75) is 39.2 Å². The second-order valence-electron chi connectivity index (χ2n) is 7.28. The summed E-state index contributed by atoms with van der Waals surface area (Å²) in [5.74, 6) is 0.344. The lowest BCUT2D eigenvalue weighted by Gasteiger charge is -2.28. The van der Waals surface area contributed by atoms with Crippen LogP contribution in [0.2, 0.25) is 0 Å². The monoisotopic (exact) mass is 335 g/mol. The Bertz CT molecular complexity index is 515. The minimum absolute atomic E-state index is 0.0671. The van der Waals surface area contributed by atoms with Crippen LogP contribution < -0.4 is 4.74 Å². The molecule has 1 aromatic rings. The average molecular weight is 335 g/mol. The van der Waals surface area contributed by atoms with Gasteiger partial charge >= 0.3 is 5.97 Å². The van der Waals surface area contributed by atoms with Gasteiger partial charge in [0.2, 0.25) is 0 Å². The third-order valence-corrected chi connectivity index (χ3v) is 4.03. The molecule has 5 heteroatoms. The largest absolute Gasteiger partial charge is 0.482 e. The summed E-state index contributed by atoms with van der Waals surface area (Å²) in [6, 6.07) is 7.85. The molecule has 0 aliphatic carbocycles. The quantitative estimate of drug-likeness (QED) is 0.748. The fourth-order valence-corrected chi connectivity index (χ4v) is 2.64. The van der Waals surface area contributed by atoms with Crippen molar-refractivity contribution in [1.82, 2.24) is 4.90 Å². The molecule has 0 aromatic heterocycles. The second-order valence-corrected chi connectivity index (χ2v) is 7.28. The van der Waals surface area contributed by atoms with Gasteiger partial charge in [-0.25, -0.2) is 4.79 Å². The normalized spacial score (nSPS) is 17.3. The highest BCUT2D eigenvalue weighted by Crippen LogP contribution is 2.24. The molecule has 1 fully saturated rings. The third-order valence-electron chi connectivity index (χ3n) is 4.03. The van der Waals surface area contributed by atoms with Crippen LogP contribution in [0.4, 0.5) is 0 Å². The number of hydrogen-bond donors (Lipinski definition) is 0. The average Bonchev–Trinajstić information content (AvgIpc) is 2.53. The first-order valence-electron chi connectivity index (χ1n) is 8.57. The summed E-state index contributed by atoms with van der Waals surface area (Å²) in [5.41, 5.74) is 1.34. The Morgan fingerprint density at radius 2 is 1.83 bits per heavy atom. The van der Waals surface area contributed by atoms with Gasteiger partial charge in [0.15, 0.2) is 6.61 Å².